The number of likely N-dealkylation sites (tertiary alicyclic amines) is 1. The van der Waals surface area contributed by atoms with Crippen LogP contribution in [-0.2, 0) is 0 Å². The van der Waals surface area contributed by atoms with Crippen LogP contribution >= 0.6 is 0 Å². The zero-order chi connectivity index (χ0) is 10.0. The van der Waals surface area contributed by atoms with E-state index in [4.69, 9.17) is 5.73 Å². The van der Waals surface area contributed by atoms with Gasteiger partial charge in [0.25, 0.3) is 0 Å². The first kappa shape index (κ1) is 10.6. The highest BCUT2D eigenvalue weighted by Gasteiger charge is 2.33. The molecule has 0 bridgehead atoms. The van der Waals surface area contributed by atoms with E-state index in [1.54, 1.807) is 0 Å². The highest BCUT2D eigenvalue weighted by Crippen LogP contribution is 2.26. The van der Waals surface area contributed by atoms with Crippen molar-refractivity contribution < 1.29 is 0 Å². The molecule has 0 aliphatic carbocycles. The first-order valence-corrected chi connectivity index (χ1v) is 5.24. The van der Waals surface area contributed by atoms with Gasteiger partial charge in [-0.3, -0.25) is 4.90 Å². The topological polar surface area (TPSA) is 29.3 Å². The zero-order valence-corrected chi connectivity index (χ0v) is 9.09. The molecule has 1 atom stereocenters. The summed E-state index contributed by atoms with van der Waals surface area (Å²) in [5.41, 5.74) is 6.62. The number of hydrogen-bond acceptors (Lipinski definition) is 2. The summed E-state index contributed by atoms with van der Waals surface area (Å²) >= 11 is 0. The molecule has 2 nitrogen and oxygen atoms in total. The molecule has 1 aliphatic heterocycles. The van der Waals surface area contributed by atoms with Crippen LogP contribution in [0.5, 0.6) is 0 Å². The van der Waals surface area contributed by atoms with Gasteiger partial charge in [0.05, 0.1) is 6.04 Å². The first-order chi connectivity index (χ1) is 6.06. The lowest BCUT2D eigenvalue weighted by Crippen LogP contribution is -2.55. The maximum absolute atomic E-state index is 5.80. The van der Waals surface area contributed by atoms with Crippen molar-refractivity contribution in [2.45, 2.75) is 33.2 Å². The maximum atomic E-state index is 5.80. The molecule has 1 rings (SSSR count). The fourth-order valence-corrected chi connectivity index (χ4v) is 2.18. The van der Waals surface area contributed by atoms with Crippen LogP contribution in [0.2, 0.25) is 0 Å². The third-order valence-corrected chi connectivity index (χ3v) is 2.97. The minimum Gasteiger partial charge on any atom is -0.401 e. The lowest BCUT2D eigenvalue weighted by atomic mass is 9.90. The van der Waals surface area contributed by atoms with Gasteiger partial charge in [-0.15, -0.1) is 0 Å². The van der Waals surface area contributed by atoms with E-state index >= 15 is 0 Å². The minimum atomic E-state index is 0.391. The third-order valence-electron chi connectivity index (χ3n) is 2.97. The molecule has 1 fully saturated rings. The Balaban J connectivity index is 2.45. The molecule has 0 aromatic carbocycles. The monoisotopic (exact) mass is 182 g/mol. The smallest absolute Gasteiger partial charge is 0.0510 e. The normalized spacial score (nSPS) is 21.5. The average Bonchev–Trinajstić information content (AvgIpc) is 1.93. The Morgan fingerprint density at radius 1 is 1.54 bits per heavy atom. The van der Waals surface area contributed by atoms with E-state index in [2.05, 4.69) is 32.3 Å². The largest absolute Gasteiger partial charge is 0.401 e. The van der Waals surface area contributed by atoms with Crippen LogP contribution in [0.25, 0.3) is 0 Å². The summed E-state index contributed by atoms with van der Waals surface area (Å²) in [7, 11) is 0. The van der Waals surface area contributed by atoms with Crippen LogP contribution in [0.1, 0.15) is 27.2 Å². The predicted molar refractivity (Wildman–Crippen MR) is 57.3 cm³/mol. The molecule has 2 N–H and O–H groups in total. The molecule has 0 spiro atoms. The van der Waals surface area contributed by atoms with Gasteiger partial charge in [0, 0.05) is 18.8 Å². The van der Waals surface area contributed by atoms with Gasteiger partial charge in [-0.1, -0.05) is 33.8 Å². The van der Waals surface area contributed by atoms with Gasteiger partial charge in [0.1, 0.15) is 0 Å². The first-order valence-electron chi connectivity index (χ1n) is 5.24. The highest BCUT2D eigenvalue weighted by atomic mass is 15.2. The van der Waals surface area contributed by atoms with E-state index in [0.29, 0.717) is 12.0 Å². The SMILES string of the molecule is C=C(N)C(C(C)C)N1CC(CC)C1. The van der Waals surface area contributed by atoms with Gasteiger partial charge < -0.3 is 5.73 Å². The average molecular weight is 182 g/mol. The Morgan fingerprint density at radius 2 is 2.08 bits per heavy atom. The van der Waals surface area contributed by atoms with E-state index < -0.39 is 0 Å². The number of hydrogen-bond donors (Lipinski definition) is 1. The molecule has 0 radical (unpaired) electrons. The van der Waals surface area contributed by atoms with Crippen LogP contribution in [0, 0.1) is 11.8 Å². The standard InChI is InChI=1S/C11H22N2/c1-5-10-6-13(7-10)11(8(2)3)9(4)12/h8,10-11H,4-7,12H2,1-3H3. The Bertz CT molecular complexity index is 181. The number of nitrogens with zero attached hydrogens (tertiary/aromatic N) is 1. The van der Waals surface area contributed by atoms with E-state index in [0.717, 1.165) is 11.6 Å². The van der Waals surface area contributed by atoms with E-state index in [-0.39, 0.29) is 0 Å². The minimum absolute atomic E-state index is 0.391. The molecule has 0 aromatic heterocycles. The molecule has 0 aromatic rings. The zero-order valence-electron chi connectivity index (χ0n) is 9.09. The van der Waals surface area contributed by atoms with Crippen molar-refractivity contribution in [2.24, 2.45) is 17.6 Å². The molecule has 1 heterocycles. The van der Waals surface area contributed by atoms with Crippen molar-refractivity contribution in [1.29, 1.82) is 0 Å². The van der Waals surface area contributed by atoms with Gasteiger partial charge in [-0.05, 0) is 11.8 Å². The Kier molecular flexibility index (Phi) is 3.37. The summed E-state index contributed by atoms with van der Waals surface area (Å²) in [6, 6.07) is 0.391. The lowest BCUT2D eigenvalue weighted by molar-refractivity contribution is 0.0459. The lowest BCUT2D eigenvalue weighted by Gasteiger charge is -2.45. The van der Waals surface area contributed by atoms with Crippen LogP contribution in [0.4, 0.5) is 0 Å². The van der Waals surface area contributed by atoms with E-state index in [9.17, 15) is 0 Å². The summed E-state index contributed by atoms with van der Waals surface area (Å²) in [4.78, 5) is 2.45. The van der Waals surface area contributed by atoms with Crippen LogP contribution < -0.4 is 5.73 Å². The fraction of sp³-hybridized carbons (Fsp3) is 0.818. The van der Waals surface area contributed by atoms with Gasteiger partial charge in [0.2, 0.25) is 0 Å². The van der Waals surface area contributed by atoms with Crippen LogP contribution in [-0.4, -0.2) is 24.0 Å². The van der Waals surface area contributed by atoms with Crippen molar-refractivity contribution in [1.82, 2.24) is 4.90 Å². The Hall–Kier alpha value is -0.500. The van der Waals surface area contributed by atoms with Crippen molar-refractivity contribution in [3.8, 4) is 0 Å². The molecule has 76 valence electrons. The molecule has 2 heteroatoms. The van der Waals surface area contributed by atoms with Crippen molar-refractivity contribution >= 4 is 0 Å². The number of rotatable bonds is 4. The Labute approximate surface area is 81.8 Å². The van der Waals surface area contributed by atoms with E-state index in [1.165, 1.54) is 19.5 Å². The molecule has 0 amide bonds. The quantitative estimate of drug-likeness (QED) is 0.718. The molecule has 1 unspecified atom stereocenters. The van der Waals surface area contributed by atoms with Crippen molar-refractivity contribution in [3.63, 3.8) is 0 Å². The summed E-state index contributed by atoms with van der Waals surface area (Å²) < 4.78 is 0. The van der Waals surface area contributed by atoms with Crippen molar-refractivity contribution in [3.05, 3.63) is 12.3 Å². The molecule has 0 saturated carbocycles. The van der Waals surface area contributed by atoms with E-state index in [1.807, 2.05) is 0 Å². The third kappa shape index (κ3) is 2.25. The molecular formula is C11H22N2. The molecule has 1 saturated heterocycles. The predicted octanol–water partition coefficient (Wildman–Crippen LogP) is 1.83. The molecule has 1 aliphatic rings. The van der Waals surface area contributed by atoms with Crippen LogP contribution in [0.15, 0.2) is 12.3 Å². The van der Waals surface area contributed by atoms with Gasteiger partial charge >= 0.3 is 0 Å². The summed E-state index contributed by atoms with van der Waals surface area (Å²) in [6.07, 6.45) is 1.29. The van der Waals surface area contributed by atoms with Crippen molar-refractivity contribution in [2.75, 3.05) is 13.1 Å². The summed E-state index contributed by atoms with van der Waals surface area (Å²) in [6.45, 7) is 12.9. The second-order valence-electron chi connectivity index (χ2n) is 4.49. The summed E-state index contributed by atoms with van der Waals surface area (Å²) in [5, 5.41) is 0. The molecule has 13 heavy (non-hydrogen) atoms. The number of nitrogens with two attached hydrogens (primary N) is 1. The second-order valence-corrected chi connectivity index (χ2v) is 4.49. The fourth-order valence-electron chi connectivity index (χ4n) is 2.18. The van der Waals surface area contributed by atoms with Gasteiger partial charge in [-0.2, -0.15) is 0 Å². The van der Waals surface area contributed by atoms with Gasteiger partial charge in [0.15, 0.2) is 0 Å². The van der Waals surface area contributed by atoms with Gasteiger partial charge in [-0.25, -0.2) is 0 Å². The molecular weight excluding hydrogens is 160 g/mol. The maximum Gasteiger partial charge on any atom is 0.0510 e. The highest BCUT2D eigenvalue weighted by molar-refractivity contribution is 5.05. The van der Waals surface area contributed by atoms with Crippen LogP contribution in [0.3, 0.4) is 0 Å². The second kappa shape index (κ2) is 4.14. The summed E-state index contributed by atoms with van der Waals surface area (Å²) in [5.74, 6) is 1.47. The Morgan fingerprint density at radius 3 is 2.38 bits per heavy atom.